The van der Waals surface area contributed by atoms with Gasteiger partial charge in [-0.2, -0.15) is 0 Å². The maximum Gasteiger partial charge on any atom is 0.339 e. The van der Waals surface area contributed by atoms with E-state index in [1.807, 2.05) is 28.7 Å². The first-order chi connectivity index (χ1) is 9.04. The zero-order valence-corrected chi connectivity index (χ0v) is 17.5. The fourth-order valence-corrected chi connectivity index (χ4v) is 4.08. The average Bonchev–Trinajstić information content (AvgIpc) is 2.28. The summed E-state index contributed by atoms with van der Waals surface area (Å²) in [5.41, 5.74) is 0.330. The van der Waals surface area contributed by atoms with Crippen LogP contribution in [-0.2, 0) is 4.74 Å². The molecule has 0 N–H and O–H groups in total. The fourth-order valence-electron chi connectivity index (χ4n) is 1.71. The number of ether oxygens (including phenoxy) is 1. The summed E-state index contributed by atoms with van der Waals surface area (Å²) in [5.74, 6) is -4.23. The van der Waals surface area contributed by atoms with Crippen molar-refractivity contribution in [1.29, 1.82) is 0 Å². The molecule has 0 aliphatic carbocycles. The summed E-state index contributed by atoms with van der Waals surface area (Å²) in [4.78, 5) is 12.2. The normalized spacial score (nSPS) is 13.4. The molecular weight excluding hydrogens is 607 g/mol. The molecule has 0 radical (unpaired) electrons. The minimum Gasteiger partial charge on any atom is -0.452 e. The van der Waals surface area contributed by atoms with Crippen molar-refractivity contribution < 1.29 is 18.3 Å². The van der Waals surface area contributed by atoms with Crippen LogP contribution in [0.25, 0.3) is 0 Å². The first-order valence-electron chi connectivity index (χ1n) is 5.77. The Kier molecular flexibility index (Phi) is 6.89. The maximum absolute atomic E-state index is 13.5. The average molecular weight is 620 g/mol. The van der Waals surface area contributed by atoms with Crippen LogP contribution in [0.4, 0.5) is 8.78 Å². The van der Waals surface area contributed by atoms with E-state index < -0.39 is 23.9 Å². The van der Waals surface area contributed by atoms with Gasteiger partial charge in [0.2, 0.25) is 0 Å². The number of hydrogen-bond donors (Lipinski definition) is 0. The maximum atomic E-state index is 13.5. The lowest BCUT2D eigenvalue weighted by Gasteiger charge is -2.27. The summed E-state index contributed by atoms with van der Waals surface area (Å²) >= 11 is 6.21. The number of hydrogen-bond acceptors (Lipinski definition) is 2. The van der Waals surface area contributed by atoms with Crippen molar-refractivity contribution in [1.82, 2.24) is 0 Å². The zero-order valence-electron chi connectivity index (χ0n) is 11.0. The smallest absolute Gasteiger partial charge is 0.339 e. The molecule has 20 heavy (non-hydrogen) atoms. The van der Waals surface area contributed by atoms with Crippen LogP contribution in [0, 0.1) is 16.6 Å². The molecule has 0 saturated heterocycles. The molecule has 0 bridgehead atoms. The Morgan fingerprint density at radius 1 is 1.25 bits per heavy atom. The van der Waals surface area contributed by atoms with Gasteiger partial charge in [0.15, 0.2) is 6.10 Å². The van der Waals surface area contributed by atoms with E-state index in [1.165, 1.54) is 0 Å². The van der Waals surface area contributed by atoms with E-state index >= 15 is 0 Å². The van der Waals surface area contributed by atoms with E-state index in [0.717, 1.165) is 17.6 Å². The SMILES string of the molecule is CC(C)C(OC(=O)c1cc(I)cc(I)c1I)C(C)(F)F. The topological polar surface area (TPSA) is 26.3 Å². The number of halogens is 5. The highest BCUT2D eigenvalue weighted by Gasteiger charge is 2.40. The molecule has 0 saturated carbocycles. The van der Waals surface area contributed by atoms with Crippen molar-refractivity contribution in [2.24, 2.45) is 5.92 Å². The van der Waals surface area contributed by atoms with Crippen molar-refractivity contribution in [2.45, 2.75) is 32.8 Å². The number of esters is 1. The molecule has 0 aromatic heterocycles. The molecule has 0 fully saturated rings. The summed E-state index contributed by atoms with van der Waals surface area (Å²) in [7, 11) is 0. The first-order valence-corrected chi connectivity index (χ1v) is 9.01. The van der Waals surface area contributed by atoms with Crippen LogP contribution in [0.5, 0.6) is 0 Å². The van der Waals surface area contributed by atoms with Crippen LogP contribution in [-0.4, -0.2) is 18.0 Å². The molecule has 0 heterocycles. The van der Waals surface area contributed by atoms with E-state index in [9.17, 15) is 13.6 Å². The van der Waals surface area contributed by atoms with Crippen LogP contribution < -0.4 is 0 Å². The number of benzene rings is 1. The van der Waals surface area contributed by atoms with Crippen molar-refractivity contribution in [2.75, 3.05) is 0 Å². The standard InChI is InChI=1S/C13H13F2I3O2/c1-6(2)11(13(3,14)15)20-12(19)8-4-7(16)5-9(17)10(8)18/h4-6,11H,1-3H3. The summed E-state index contributed by atoms with van der Waals surface area (Å²) < 4.78 is 34.5. The van der Waals surface area contributed by atoms with Crippen molar-refractivity contribution in [3.63, 3.8) is 0 Å². The minimum atomic E-state index is -3.07. The van der Waals surface area contributed by atoms with Gasteiger partial charge in [0.25, 0.3) is 5.92 Å². The number of carbonyl (C=O) groups is 1. The Bertz CT molecular complexity index is 513. The van der Waals surface area contributed by atoms with Gasteiger partial charge in [-0.1, -0.05) is 13.8 Å². The third-order valence-corrected chi connectivity index (χ3v) is 6.22. The van der Waals surface area contributed by atoms with Gasteiger partial charge < -0.3 is 4.74 Å². The van der Waals surface area contributed by atoms with Gasteiger partial charge in [-0.05, 0) is 85.8 Å². The highest BCUT2D eigenvalue weighted by molar-refractivity contribution is 14.1. The number of alkyl halides is 2. The molecule has 0 aliphatic heterocycles. The molecular formula is C13H13F2I3O2. The first kappa shape index (κ1) is 18.8. The lowest BCUT2D eigenvalue weighted by Crippen LogP contribution is -2.39. The molecule has 0 aliphatic rings. The van der Waals surface area contributed by atoms with Crippen LogP contribution in [0.3, 0.4) is 0 Å². The largest absolute Gasteiger partial charge is 0.452 e. The zero-order chi connectivity index (χ0) is 15.7. The number of rotatable bonds is 4. The molecule has 1 aromatic carbocycles. The molecule has 1 aromatic rings. The van der Waals surface area contributed by atoms with Gasteiger partial charge in [-0.15, -0.1) is 0 Å². The van der Waals surface area contributed by atoms with Crippen LogP contribution in [0.15, 0.2) is 12.1 Å². The van der Waals surface area contributed by atoms with Gasteiger partial charge in [-0.3, -0.25) is 0 Å². The fraction of sp³-hybridized carbons (Fsp3) is 0.462. The molecule has 1 rings (SSSR count). The molecule has 0 amide bonds. The second-order valence-electron chi connectivity index (χ2n) is 4.78. The molecule has 0 spiro atoms. The van der Waals surface area contributed by atoms with Gasteiger partial charge in [0.1, 0.15) is 0 Å². The third-order valence-electron chi connectivity index (χ3n) is 2.55. The second kappa shape index (κ2) is 7.34. The van der Waals surface area contributed by atoms with Crippen LogP contribution >= 0.6 is 67.8 Å². The molecule has 7 heteroatoms. The lowest BCUT2D eigenvalue weighted by atomic mass is 10.0. The summed E-state index contributed by atoms with van der Waals surface area (Å²) in [5, 5.41) is 0. The van der Waals surface area contributed by atoms with Crippen molar-refractivity contribution in [3.05, 3.63) is 28.4 Å². The predicted molar refractivity (Wildman–Crippen MR) is 99.3 cm³/mol. The van der Waals surface area contributed by atoms with Crippen LogP contribution in [0.1, 0.15) is 31.1 Å². The van der Waals surface area contributed by atoms with Gasteiger partial charge in [0, 0.05) is 17.6 Å². The van der Waals surface area contributed by atoms with E-state index in [2.05, 4.69) is 45.2 Å². The summed E-state index contributed by atoms with van der Waals surface area (Å²) in [6.07, 6.45) is -1.43. The lowest BCUT2D eigenvalue weighted by molar-refractivity contribution is -0.119. The summed E-state index contributed by atoms with van der Waals surface area (Å²) in [6, 6.07) is 3.56. The second-order valence-corrected chi connectivity index (χ2v) is 8.26. The van der Waals surface area contributed by atoms with Gasteiger partial charge in [0.05, 0.1) is 5.56 Å². The molecule has 112 valence electrons. The van der Waals surface area contributed by atoms with E-state index in [4.69, 9.17) is 4.74 Å². The van der Waals surface area contributed by atoms with Crippen molar-refractivity contribution >= 4 is 73.7 Å². The quantitative estimate of drug-likeness (QED) is 0.259. The van der Waals surface area contributed by atoms with E-state index in [1.54, 1.807) is 19.9 Å². The van der Waals surface area contributed by atoms with Gasteiger partial charge in [-0.25, -0.2) is 13.6 Å². The minimum absolute atomic E-state index is 0.330. The Hall–Kier alpha value is 0.740. The molecule has 1 atom stereocenters. The van der Waals surface area contributed by atoms with E-state index in [-0.39, 0.29) is 0 Å². The number of carbonyl (C=O) groups excluding carboxylic acids is 1. The molecule has 1 unspecified atom stereocenters. The Morgan fingerprint density at radius 3 is 2.25 bits per heavy atom. The highest BCUT2D eigenvalue weighted by Crippen LogP contribution is 2.29. The van der Waals surface area contributed by atoms with Crippen molar-refractivity contribution in [3.8, 4) is 0 Å². The highest BCUT2D eigenvalue weighted by atomic mass is 127. The van der Waals surface area contributed by atoms with E-state index in [0.29, 0.717) is 5.56 Å². The molecule has 2 nitrogen and oxygen atoms in total. The summed E-state index contributed by atoms with van der Waals surface area (Å²) in [6.45, 7) is 3.99. The van der Waals surface area contributed by atoms with Gasteiger partial charge >= 0.3 is 5.97 Å². The van der Waals surface area contributed by atoms with Crippen LogP contribution in [0.2, 0.25) is 0 Å². The Balaban J connectivity index is 3.07. The Labute approximate surface area is 157 Å². The third kappa shape index (κ3) is 4.89. The predicted octanol–water partition coefficient (Wildman–Crippen LogP) is 5.34. The Morgan fingerprint density at radius 2 is 1.80 bits per heavy atom. The monoisotopic (exact) mass is 620 g/mol.